The van der Waals surface area contributed by atoms with Crippen molar-refractivity contribution in [2.24, 2.45) is 5.41 Å². The highest BCUT2D eigenvalue weighted by Crippen LogP contribution is 2.23. The van der Waals surface area contributed by atoms with Gasteiger partial charge in [-0.25, -0.2) is 13.1 Å². The molecule has 0 aliphatic rings. The lowest BCUT2D eigenvalue weighted by Crippen LogP contribution is -2.36. The second-order valence-corrected chi connectivity index (χ2v) is 6.61. The molecule has 8 heteroatoms. The Morgan fingerprint density at radius 3 is 2.47 bits per heavy atom. The van der Waals surface area contributed by atoms with E-state index in [0.717, 1.165) is 6.07 Å². The van der Waals surface area contributed by atoms with Crippen molar-refractivity contribution in [3.8, 4) is 0 Å². The van der Waals surface area contributed by atoms with Crippen molar-refractivity contribution in [3.63, 3.8) is 0 Å². The van der Waals surface area contributed by atoms with Crippen LogP contribution < -0.4 is 4.72 Å². The average molecular weight is 288 g/mol. The smallest absolute Gasteiger partial charge is 0.289 e. The first-order chi connectivity index (χ1) is 8.69. The summed E-state index contributed by atoms with van der Waals surface area (Å²) in [4.78, 5) is 9.67. The van der Waals surface area contributed by atoms with E-state index in [1.165, 1.54) is 18.2 Å². The zero-order chi connectivity index (χ0) is 14.7. The first kappa shape index (κ1) is 15.5. The van der Waals surface area contributed by atoms with E-state index in [9.17, 15) is 18.5 Å². The second-order valence-electron chi connectivity index (χ2n) is 4.87. The number of hydrogen-bond donors (Lipinski definition) is 2. The summed E-state index contributed by atoms with van der Waals surface area (Å²) < 4.78 is 26.3. The van der Waals surface area contributed by atoms with Gasteiger partial charge in [0.05, 0.1) is 4.92 Å². The molecule has 19 heavy (non-hydrogen) atoms. The number of nitro benzene ring substituents is 1. The summed E-state index contributed by atoms with van der Waals surface area (Å²) >= 11 is 0. The van der Waals surface area contributed by atoms with E-state index in [2.05, 4.69) is 4.72 Å². The minimum atomic E-state index is -3.98. The van der Waals surface area contributed by atoms with Crippen LogP contribution in [0, 0.1) is 15.5 Å². The van der Waals surface area contributed by atoms with Gasteiger partial charge in [-0.3, -0.25) is 10.1 Å². The van der Waals surface area contributed by atoms with Crippen LogP contribution in [0.1, 0.15) is 13.8 Å². The van der Waals surface area contributed by atoms with Crippen LogP contribution in [-0.2, 0) is 10.0 Å². The minimum absolute atomic E-state index is 0.0160. The van der Waals surface area contributed by atoms with Gasteiger partial charge in [0.2, 0.25) is 10.0 Å². The molecule has 0 radical (unpaired) electrons. The highest BCUT2D eigenvalue weighted by atomic mass is 32.2. The maximum Gasteiger partial charge on any atom is 0.289 e. The maximum absolute atomic E-state index is 12.0. The molecule has 0 unspecified atom stereocenters. The van der Waals surface area contributed by atoms with E-state index in [4.69, 9.17) is 5.11 Å². The van der Waals surface area contributed by atoms with Crippen LogP contribution in [0.3, 0.4) is 0 Å². The molecule has 0 atom stereocenters. The predicted octanol–water partition coefficient (Wildman–Crippen LogP) is 0.892. The normalized spacial score (nSPS) is 12.4. The fraction of sp³-hybridized carbons (Fsp3) is 0.455. The molecule has 0 fully saturated rings. The number of nitrogens with zero attached hydrogens (tertiary/aromatic N) is 1. The molecule has 1 aromatic carbocycles. The number of rotatable bonds is 6. The van der Waals surface area contributed by atoms with E-state index in [1.807, 2.05) is 0 Å². The summed E-state index contributed by atoms with van der Waals surface area (Å²) in [6, 6.07) is 5.12. The Morgan fingerprint density at radius 1 is 1.37 bits per heavy atom. The fourth-order valence-electron chi connectivity index (χ4n) is 1.26. The Kier molecular flexibility index (Phi) is 4.61. The van der Waals surface area contributed by atoms with E-state index >= 15 is 0 Å². The number of nitro groups is 1. The maximum atomic E-state index is 12.0. The molecule has 1 rings (SSSR count). The van der Waals surface area contributed by atoms with E-state index in [0.29, 0.717) is 0 Å². The van der Waals surface area contributed by atoms with Crippen LogP contribution in [0.2, 0.25) is 0 Å². The molecule has 106 valence electrons. The topological polar surface area (TPSA) is 110 Å². The van der Waals surface area contributed by atoms with Crippen molar-refractivity contribution in [2.45, 2.75) is 18.7 Å². The van der Waals surface area contributed by atoms with Crippen molar-refractivity contribution >= 4 is 15.7 Å². The van der Waals surface area contributed by atoms with Crippen molar-refractivity contribution in [2.75, 3.05) is 13.2 Å². The number of para-hydroxylation sites is 1. The molecule has 0 aliphatic carbocycles. The van der Waals surface area contributed by atoms with Gasteiger partial charge in [-0.1, -0.05) is 26.0 Å². The van der Waals surface area contributed by atoms with E-state index < -0.39 is 26.0 Å². The molecule has 0 aromatic heterocycles. The van der Waals surface area contributed by atoms with Crippen LogP contribution in [0.4, 0.5) is 5.69 Å². The van der Waals surface area contributed by atoms with E-state index in [-0.39, 0.29) is 18.0 Å². The molecule has 1 aromatic rings. The largest absolute Gasteiger partial charge is 0.396 e. The molecule has 0 saturated heterocycles. The van der Waals surface area contributed by atoms with Gasteiger partial charge in [0.15, 0.2) is 4.90 Å². The van der Waals surface area contributed by atoms with Crippen molar-refractivity contribution in [1.82, 2.24) is 4.72 Å². The summed E-state index contributed by atoms with van der Waals surface area (Å²) in [5, 5.41) is 19.9. The Morgan fingerprint density at radius 2 is 1.95 bits per heavy atom. The molecular weight excluding hydrogens is 272 g/mol. The first-order valence-electron chi connectivity index (χ1n) is 5.53. The van der Waals surface area contributed by atoms with Crippen molar-refractivity contribution in [3.05, 3.63) is 34.4 Å². The Balaban J connectivity index is 3.05. The van der Waals surface area contributed by atoms with Gasteiger partial charge in [-0.15, -0.1) is 0 Å². The third-order valence-corrected chi connectivity index (χ3v) is 3.97. The van der Waals surface area contributed by atoms with Gasteiger partial charge in [0.25, 0.3) is 5.69 Å². The monoisotopic (exact) mass is 288 g/mol. The Labute approximate surface area is 111 Å². The molecule has 0 spiro atoms. The standard InChI is InChI=1S/C11H16N2O5S/c1-11(2,8-14)7-12-19(17,18)10-6-4-3-5-9(10)13(15)16/h3-6,12,14H,7-8H2,1-2H3. The number of hydrogen-bond acceptors (Lipinski definition) is 5. The van der Waals surface area contributed by atoms with Gasteiger partial charge >= 0.3 is 0 Å². The van der Waals surface area contributed by atoms with Gasteiger partial charge < -0.3 is 5.11 Å². The van der Waals surface area contributed by atoms with Crippen molar-refractivity contribution < 1.29 is 18.4 Å². The number of aliphatic hydroxyl groups is 1. The molecule has 0 bridgehead atoms. The molecule has 0 aliphatic heterocycles. The fourth-order valence-corrected chi connectivity index (χ4v) is 2.67. The highest BCUT2D eigenvalue weighted by molar-refractivity contribution is 7.89. The lowest BCUT2D eigenvalue weighted by molar-refractivity contribution is -0.387. The number of benzene rings is 1. The zero-order valence-corrected chi connectivity index (χ0v) is 11.5. The summed E-state index contributed by atoms with van der Waals surface area (Å²) in [7, 11) is -3.98. The molecule has 7 nitrogen and oxygen atoms in total. The third-order valence-electron chi connectivity index (χ3n) is 2.52. The van der Waals surface area contributed by atoms with Crippen LogP contribution in [0.5, 0.6) is 0 Å². The Hall–Kier alpha value is -1.51. The quantitative estimate of drug-likeness (QED) is 0.596. The summed E-state index contributed by atoms with van der Waals surface area (Å²) in [6.45, 7) is 3.13. The van der Waals surface area contributed by atoms with Gasteiger partial charge in [-0.05, 0) is 6.07 Å². The number of sulfonamides is 1. The zero-order valence-electron chi connectivity index (χ0n) is 10.7. The van der Waals surface area contributed by atoms with Crippen LogP contribution in [0.15, 0.2) is 29.2 Å². The van der Waals surface area contributed by atoms with Gasteiger partial charge in [0, 0.05) is 24.6 Å². The number of aliphatic hydroxyl groups excluding tert-OH is 1. The Bertz CT molecular complexity index is 568. The number of nitrogens with one attached hydrogen (secondary N) is 1. The van der Waals surface area contributed by atoms with E-state index in [1.54, 1.807) is 13.8 Å². The van der Waals surface area contributed by atoms with Crippen molar-refractivity contribution in [1.29, 1.82) is 0 Å². The molecule has 2 N–H and O–H groups in total. The van der Waals surface area contributed by atoms with Gasteiger partial charge in [0.1, 0.15) is 0 Å². The van der Waals surface area contributed by atoms with Crippen LogP contribution >= 0.6 is 0 Å². The van der Waals surface area contributed by atoms with Gasteiger partial charge in [-0.2, -0.15) is 0 Å². The summed E-state index contributed by atoms with van der Waals surface area (Å²) in [5.41, 5.74) is -1.12. The molecule has 0 heterocycles. The lowest BCUT2D eigenvalue weighted by Gasteiger charge is -2.21. The van der Waals surface area contributed by atoms with Crippen LogP contribution in [-0.4, -0.2) is 31.6 Å². The summed E-state index contributed by atoms with van der Waals surface area (Å²) in [6.07, 6.45) is 0. The predicted molar refractivity (Wildman–Crippen MR) is 69.2 cm³/mol. The minimum Gasteiger partial charge on any atom is -0.396 e. The first-order valence-corrected chi connectivity index (χ1v) is 7.02. The molecular formula is C11H16N2O5S. The van der Waals surface area contributed by atoms with Crippen LogP contribution in [0.25, 0.3) is 0 Å². The second kappa shape index (κ2) is 5.64. The lowest BCUT2D eigenvalue weighted by atomic mass is 9.96. The third kappa shape index (κ3) is 3.98. The summed E-state index contributed by atoms with van der Waals surface area (Å²) in [5.74, 6) is 0. The highest BCUT2D eigenvalue weighted by Gasteiger charge is 2.27. The molecule has 0 saturated carbocycles. The molecule has 0 amide bonds. The SMILES string of the molecule is CC(C)(CO)CNS(=O)(=O)c1ccccc1[N+](=O)[O-]. The average Bonchev–Trinajstić information content (AvgIpc) is 2.37.